The maximum atomic E-state index is 13.2. The van der Waals surface area contributed by atoms with Crippen molar-refractivity contribution in [2.45, 2.75) is 56.9 Å². The molecular formula is C23H29N5O3. The number of para-hydroxylation sites is 2. The van der Waals surface area contributed by atoms with Crippen LogP contribution in [-0.2, 0) is 9.59 Å². The predicted octanol–water partition coefficient (Wildman–Crippen LogP) is 2.77. The second-order valence-electron chi connectivity index (χ2n) is 9.26. The first-order valence-electron chi connectivity index (χ1n) is 11.3. The molecule has 5 rings (SSSR count). The summed E-state index contributed by atoms with van der Waals surface area (Å²) in [5.74, 6) is 0.695. The van der Waals surface area contributed by atoms with Crippen molar-refractivity contribution >= 4 is 28.9 Å². The van der Waals surface area contributed by atoms with E-state index >= 15 is 0 Å². The van der Waals surface area contributed by atoms with Crippen LogP contribution < -0.4 is 5.32 Å². The molecule has 8 heteroatoms. The van der Waals surface area contributed by atoms with Crippen LogP contribution in [0.2, 0.25) is 0 Å². The molecule has 3 fully saturated rings. The topological polar surface area (TPSA) is 98.4 Å². The Morgan fingerprint density at radius 2 is 2.03 bits per heavy atom. The Labute approximate surface area is 181 Å². The molecule has 1 spiro atoms. The number of amides is 4. The van der Waals surface area contributed by atoms with Crippen molar-refractivity contribution in [3.63, 3.8) is 0 Å². The number of fused-ring (bicyclic) bond motifs is 1. The fourth-order valence-corrected chi connectivity index (χ4v) is 5.47. The molecule has 3 atom stereocenters. The Bertz CT molecular complexity index is 1000. The SMILES string of the molecule is C[C@@H]1CCCC[C@]12NC(=O)N(CC(=O)N1CCC[C@@H](c3nc4ccccc4[nH]3)C1)C2=O. The number of likely N-dealkylation sites (tertiary alicyclic amines) is 1. The molecule has 3 aliphatic rings. The summed E-state index contributed by atoms with van der Waals surface area (Å²) in [5.41, 5.74) is 1.09. The number of nitrogens with one attached hydrogen (secondary N) is 2. The van der Waals surface area contributed by atoms with Crippen molar-refractivity contribution in [1.29, 1.82) is 0 Å². The van der Waals surface area contributed by atoms with Crippen LogP contribution in [0.5, 0.6) is 0 Å². The molecule has 2 aliphatic heterocycles. The Kier molecular flexibility index (Phi) is 4.95. The molecule has 31 heavy (non-hydrogen) atoms. The van der Waals surface area contributed by atoms with Crippen LogP contribution in [-0.4, -0.2) is 62.8 Å². The third kappa shape index (κ3) is 3.38. The number of carbonyl (C=O) groups excluding carboxylic acids is 3. The lowest BCUT2D eigenvalue weighted by atomic mass is 9.73. The molecule has 0 bridgehead atoms. The normalized spacial score (nSPS) is 29.1. The molecule has 1 aliphatic carbocycles. The van der Waals surface area contributed by atoms with Gasteiger partial charge in [-0.2, -0.15) is 0 Å². The molecule has 1 aromatic heterocycles. The van der Waals surface area contributed by atoms with Gasteiger partial charge < -0.3 is 15.2 Å². The van der Waals surface area contributed by atoms with Gasteiger partial charge in [0.15, 0.2) is 0 Å². The average Bonchev–Trinajstić information content (AvgIpc) is 3.31. The van der Waals surface area contributed by atoms with Crippen LogP contribution in [0.4, 0.5) is 4.79 Å². The highest BCUT2D eigenvalue weighted by molar-refractivity contribution is 6.09. The molecule has 8 nitrogen and oxygen atoms in total. The van der Waals surface area contributed by atoms with E-state index < -0.39 is 11.6 Å². The number of H-pyrrole nitrogens is 1. The van der Waals surface area contributed by atoms with Crippen molar-refractivity contribution in [3.05, 3.63) is 30.1 Å². The van der Waals surface area contributed by atoms with Gasteiger partial charge in [0.2, 0.25) is 5.91 Å². The fraction of sp³-hybridized carbons (Fsp3) is 0.565. The molecule has 0 unspecified atom stereocenters. The molecule has 3 heterocycles. The molecule has 1 saturated carbocycles. The number of benzene rings is 1. The van der Waals surface area contributed by atoms with Crippen LogP contribution in [0.25, 0.3) is 11.0 Å². The van der Waals surface area contributed by atoms with E-state index in [0.29, 0.717) is 19.5 Å². The number of carbonyl (C=O) groups is 3. The lowest BCUT2D eigenvalue weighted by molar-refractivity contribution is -0.141. The quantitative estimate of drug-likeness (QED) is 0.742. The van der Waals surface area contributed by atoms with E-state index in [4.69, 9.17) is 4.98 Å². The van der Waals surface area contributed by atoms with Crippen LogP contribution in [0.1, 0.15) is 57.2 Å². The molecule has 2 saturated heterocycles. The fourth-order valence-electron chi connectivity index (χ4n) is 5.47. The average molecular weight is 424 g/mol. The highest BCUT2D eigenvalue weighted by Gasteiger charge is 2.55. The maximum Gasteiger partial charge on any atom is 0.325 e. The standard InChI is InChI=1S/C23H29N5O3/c1-15-7-4-5-11-23(15)21(30)28(22(31)26-23)14-19(29)27-12-6-8-16(13-27)20-24-17-9-2-3-10-18(17)25-20/h2-3,9-10,15-16H,4-8,11-14H2,1H3,(H,24,25)(H,26,31)/t15-,16-,23+/m1/s1. The van der Waals surface area contributed by atoms with Crippen LogP contribution in [0, 0.1) is 5.92 Å². The van der Waals surface area contributed by atoms with Gasteiger partial charge in [0.05, 0.1) is 11.0 Å². The first-order valence-corrected chi connectivity index (χ1v) is 11.3. The van der Waals surface area contributed by atoms with Gasteiger partial charge in [-0.25, -0.2) is 9.78 Å². The van der Waals surface area contributed by atoms with E-state index in [1.807, 2.05) is 31.2 Å². The zero-order valence-corrected chi connectivity index (χ0v) is 17.9. The molecule has 2 aromatic rings. The van der Waals surface area contributed by atoms with Crippen molar-refractivity contribution in [2.75, 3.05) is 19.6 Å². The summed E-state index contributed by atoms with van der Waals surface area (Å²) in [5, 5.41) is 2.93. The minimum Gasteiger partial charge on any atom is -0.342 e. The van der Waals surface area contributed by atoms with Gasteiger partial charge in [-0.1, -0.05) is 31.9 Å². The zero-order valence-electron chi connectivity index (χ0n) is 17.9. The van der Waals surface area contributed by atoms with Gasteiger partial charge >= 0.3 is 6.03 Å². The van der Waals surface area contributed by atoms with E-state index in [1.54, 1.807) is 4.90 Å². The van der Waals surface area contributed by atoms with Crippen LogP contribution in [0.3, 0.4) is 0 Å². The van der Waals surface area contributed by atoms with Crippen molar-refractivity contribution in [1.82, 2.24) is 25.1 Å². The summed E-state index contributed by atoms with van der Waals surface area (Å²) < 4.78 is 0. The number of piperidine rings is 1. The minimum absolute atomic E-state index is 0.0882. The summed E-state index contributed by atoms with van der Waals surface area (Å²) in [7, 11) is 0. The molecule has 164 valence electrons. The monoisotopic (exact) mass is 423 g/mol. The lowest BCUT2D eigenvalue weighted by Crippen LogP contribution is -2.54. The Morgan fingerprint density at radius 1 is 1.19 bits per heavy atom. The molecule has 2 N–H and O–H groups in total. The maximum absolute atomic E-state index is 13.2. The second kappa shape index (κ2) is 7.66. The first kappa shape index (κ1) is 20.0. The van der Waals surface area contributed by atoms with Gasteiger partial charge in [0, 0.05) is 19.0 Å². The largest absolute Gasteiger partial charge is 0.342 e. The van der Waals surface area contributed by atoms with E-state index in [1.165, 1.54) is 0 Å². The smallest absolute Gasteiger partial charge is 0.325 e. The van der Waals surface area contributed by atoms with E-state index in [0.717, 1.165) is 53.9 Å². The third-order valence-electron chi connectivity index (χ3n) is 7.36. The number of imide groups is 1. The number of imidazole rings is 1. The third-order valence-corrected chi connectivity index (χ3v) is 7.36. The van der Waals surface area contributed by atoms with Crippen molar-refractivity contribution < 1.29 is 14.4 Å². The van der Waals surface area contributed by atoms with Gasteiger partial charge in [0.1, 0.15) is 17.9 Å². The molecule has 1 aromatic carbocycles. The summed E-state index contributed by atoms with van der Waals surface area (Å²) in [6.07, 6.45) is 5.38. The zero-order chi connectivity index (χ0) is 21.6. The summed E-state index contributed by atoms with van der Waals surface area (Å²) in [4.78, 5) is 49.8. The highest BCUT2D eigenvalue weighted by atomic mass is 16.2. The Balaban J connectivity index is 1.28. The van der Waals surface area contributed by atoms with Crippen LogP contribution in [0.15, 0.2) is 24.3 Å². The van der Waals surface area contributed by atoms with Crippen LogP contribution >= 0.6 is 0 Å². The Hall–Kier alpha value is -2.90. The van der Waals surface area contributed by atoms with Crippen molar-refractivity contribution in [2.24, 2.45) is 5.92 Å². The molecule has 4 amide bonds. The second-order valence-corrected chi connectivity index (χ2v) is 9.26. The number of aromatic nitrogens is 2. The number of urea groups is 1. The highest BCUT2D eigenvalue weighted by Crippen LogP contribution is 2.38. The number of nitrogens with zero attached hydrogens (tertiary/aromatic N) is 3. The number of aromatic amines is 1. The van der Waals surface area contributed by atoms with Crippen molar-refractivity contribution in [3.8, 4) is 0 Å². The predicted molar refractivity (Wildman–Crippen MR) is 115 cm³/mol. The minimum atomic E-state index is -0.825. The number of hydrogen-bond donors (Lipinski definition) is 2. The van der Waals surface area contributed by atoms with Gasteiger partial charge in [0.25, 0.3) is 5.91 Å². The van der Waals surface area contributed by atoms with E-state index in [-0.39, 0.29) is 30.2 Å². The lowest BCUT2D eigenvalue weighted by Gasteiger charge is -2.37. The van der Waals surface area contributed by atoms with Gasteiger partial charge in [-0.15, -0.1) is 0 Å². The molecule has 0 radical (unpaired) electrons. The summed E-state index contributed by atoms with van der Waals surface area (Å²) in [6.45, 7) is 3.02. The van der Waals surface area contributed by atoms with E-state index in [2.05, 4.69) is 10.3 Å². The Morgan fingerprint density at radius 3 is 2.84 bits per heavy atom. The number of rotatable bonds is 3. The van der Waals surface area contributed by atoms with Gasteiger partial charge in [-0.3, -0.25) is 14.5 Å². The summed E-state index contributed by atoms with van der Waals surface area (Å²) >= 11 is 0. The van der Waals surface area contributed by atoms with E-state index in [9.17, 15) is 14.4 Å². The first-order chi connectivity index (χ1) is 15.0. The van der Waals surface area contributed by atoms with Gasteiger partial charge in [-0.05, 0) is 43.7 Å². The molecular weight excluding hydrogens is 394 g/mol. The number of hydrogen-bond acceptors (Lipinski definition) is 4. The summed E-state index contributed by atoms with van der Waals surface area (Å²) in [6, 6.07) is 7.47.